The molecule has 2 unspecified atom stereocenters. The van der Waals surface area contributed by atoms with Gasteiger partial charge in [-0.3, -0.25) is 9.78 Å². The zero-order valence-electron chi connectivity index (χ0n) is 18.8. The number of carboxylic acids is 1. The number of carbonyl (C=O) groups is 2. The van der Waals surface area contributed by atoms with E-state index in [9.17, 15) is 36.3 Å². The maximum atomic E-state index is 13.7. The van der Waals surface area contributed by atoms with Crippen molar-refractivity contribution in [1.82, 2.24) is 15.2 Å². The molecule has 0 saturated carbocycles. The Labute approximate surface area is 223 Å². The van der Waals surface area contributed by atoms with Gasteiger partial charge in [0.1, 0.15) is 17.2 Å². The predicted molar refractivity (Wildman–Crippen MR) is 128 cm³/mol. The first-order valence-electron chi connectivity index (χ1n) is 10.8. The van der Waals surface area contributed by atoms with Gasteiger partial charge in [-0.2, -0.15) is 13.2 Å². The third-order valence-corrected chi connectivity index (χ3v) is 9.42. The van der Waals surface area contributed by atoms with Crippen molar-refractivity contribution in [2.24, 2.45) is 0 Å². The van der Waals surface area contributed by atoms with Crippen molar-refractivity contribution in [3.8, 4) is 5.75 Å². The van der Waals surface area contributed by atoms with Gasteiger partial charge < -0.3 is 20.1 Å². The van der Waals surface area contributed by atoms with Crippen LogP contribution in [0.5, 0.6) is 5.75 Å². The lowest BCUT2D eigenvalue weighted by Gasteiger charge is -2.43. The molecule has 0 spiro atoms. The molecule has 9 nitrogen and oxygen atoms in total. The van der Waals surface area contributed by atoms with Crippen LogP contribution >= 0.6 is 27.5 Å². The molecule has 2 fully saturated rings. The second-order valence-corrected chi connectivity index (χ2v) is 12.3. The number of sulfone groups is 1. The minimum atomic E-state index is -4.60. The van der Waals surface area contributed by atoms with Gasteiger partial charge in [-0.1, -0.05) is 11.6 Å². The van der Waals surface area contributed by atoms with E-state index in [1.54, 1.807) is 12.1 Å². The molecule has 1 amide bonds. The van der Waals surface area contributed by atoms with Gasteiger partial charge in [-0.15, -0.1) is 0 Å². The summed E-state index contributed by atoms with van der Waals surface area (Å²) in [5.41, 5.74) is -0.727. The van der Waals surface area contributed by atoms with Crippen LogP contribution in [0.4, 0.5) is 13.2 Å². The number of nitrogens with one attached hydrogen (secondary N) is 1. The third-order valence-electron chi connectivity index (χ3n) is 6.34. The van der Waals surface area contributed by atoms with Gasteiger partial charge in [0.05, 0.1) is 20.9 Å². The second kappa shape index (κ2) is 10.0. The van der Waals surface area contributed by atoms with E-state index in [0.717, 1.165) is 23.1 Å². The number of amides is 1. The number of aliphatic carboxylic acids is 1. The lowest BCUT2D eigenvalue weighted by molar-refractivity contribution is -0.153. The fraction of sp³-hybridized carbons (Fsp3) is 0.409. The van der Waals surface area contributed by atoms with E-state index >= 15 is 0 Å². The van der Waals surface area contributed by atoms with E-state index in [2.05, 4.69) is 31.0 Å². The SMILES string of the molecule is O=C(O)C1CC(S(=O)(=O)c2ccc(OCC(F)(F)F)cc2Cl)CN1C(=O)C1(c2ccc(Br)cn2)CNC1. The number of hydrogen-bond donors (Lipinski definition) is 2. The lowest BCUT2D eigenvalue weighted by atomic mass is 9.76. The first-order chi connectivity index (χ1) is 17.2. The molecule has 2 saturated heterocycles. The van der Waals surface area contributed by atoms with Gasteiger partial charge in [0.25, 0.3) is 0 Å². The Balaban J connectivity index is 1.60. The summed E-state index contributed by atoms with van der Waals surface area (Å²) in [6, 6.07) is 4.92. The monoisotopic (exact) mass is 625 g/mol. The molecule has 15 heteroatoms. The van der Waals surface area contributed by atoms with Crippen molar-refractivity contribution < 1.29 is 41.0 Å². The summed E-state index contributed by atoms with van der Waals surface area (Å²) < 4.78 is 69.3. The zero-order valence-corrected chi connectivity index (χ0v) is 22.0. The summed E-state index contributed by atoms with van der Waals surface area (Å²) in [5.74, 6) is -2.21. The molecule has 3 heterocycles. The Bertz CT molecular complexity index is 1320. The molecule has 2 N–H and O–H groups in total. The lowest BCUT2D eigenvalue weighted by Crippen LogP contribution is -2.66. The van der Waals surface area contributed by atoms with Crippen molar-refractivity contribution in [3.63, 3.8) is 0 Å². The normalized spacial score (nSPS) is 21.4. The van der Waals surface area contributed by atoms with E-state index in [-0.39, 0.29) is 30.3 Å². The standard InChI is InChI=1S/C22H20BrClF3N3O6S/c23-12-1-4-18(29-7-12)21(9-28-10-21)20(33)30-8-14(6-16(30)19(31)32)37(34,35)17-3-2-13(5-15(17)24)36-11-22(25,26)27/h1-5,7,14,16,28H,6,8-11H2,(H,31,32). The molecule has 200 valence electrons. The van der Waals surface area contributed by atoms with Crippen molar-refractivity contribution >= 4 is 49.2 Å². The molecule has 2 aliphatic rings. The minimum absolute atomic E-state index is 0.200. The van der Waals surface area contributed by atoms with Crippen LogP contribution in [0.2, 0.25) is 5.02 Å². The molecule has 37 heavy (non-hydrogen) atoms. The number of alkyl halides is 3. The summed E-state index contributed by atoms with van der Waals surface area (Å²) in [5, 5.41) is 11.1. The number of carboxylic acid groups (broad SMARTS) is 1. The Morgan fingerprint density at radius 2 is 1.97 bits per heavy atom. The summed E-state index contributed by atoms with van der Waals surface area (Å²) in [4.78, 5) is 30.7. The molecule has 4 rings (SSSR count). The Morgan fingerprint density at radius 1 is 1.27 bits per heavy atom. The van der Waals surface area contributed by atoms with Crippen LogP contribution in [0.15, 0.2) is 45.9 Å². The number of rotatable bonds is 7. The largest absolute Gasteiger partial charge is 0.484 e. The zero-order chi connectivity index (χ0) is 27.2. The molecule has 1 aromatic carbocycles. The number of benzene rings is 1. The molecular formula is C22H20BrClF3N3O6S. The number of halogens is 5. The third kappa shape index (κ3) is 5.42. The summed E-state index contributed by atoms with van der Waals surface area (Å²) in [6.45, 7) is -1.59. The van der Waals surface area contributed by atoms with Gasteiger partial charge in [0.15, 0.2) is 16.4 Å². The van der Waals surface area contributed by atoms with Crippen LogP contribution in [0, 0.1) is 0 Å². The van der Waals surface area contributed by atoms with Crippen LogP contribution in [-0.2, 0) is 24.8 Å². The summed E-state index contributed by atoms with van der Waals surface area (Å²) in [7, 11) is -4.27. The molecule has 2 atom stereocenters. The maximum Gasteiger partial charge on any atom is 0.422 e. The molecule has 0 bridgehead atoms. The van der Waals surface area contributed by atoms with Crippen molar-refractivity contribution in [3.05, 3.63) is 51.7 Å². The van der Waals surface area contributed by atoms with E-state index in [1.807, 2.05) is 0 Å². The Morgan fingerprint density at radius 3 is 2.49 bits per heavy atom. The molecule has 2 aromatic rings. The van der Waals surface area contributed by atoms with Crippen LogP contribution < -0.4 is 10.1 Å². The topological polar surface area (TPSA) is 126 Å². The van der Waals surface area contributed by atoms with Crippen LogP contribution in [0.25, 0.3) is 0 Å². The average Bonchev–Trinajstić information content (AvgIpc) is 3.24. The number of ether oxygens (including phenoxy) is 1. The van der Waals surface area contributed by atoms with Crippen LogP contribution in [-0.4, -0.2) is 79.0 Å². The fourth-order valence-electron chi connectivity index (χ4n) is 4.38. The summed E-state index contributed by atoms with van der Waals surface area (Å²) in [6.07, 6.45) is -3.47. The second-order valence-electron chi connectivity index (χ2n) is 8.76. The van der Waals surface area contributed by atoms with Crippen molar-refractivity contribution in [2.75, 3.05) is 26.2 Å². The van der Waals surface area contributed by atoms with Gasteiger partial charge in [0.2, 0.25) is 5.91 Å². The molecule has 1 aromatic heterocycles. The molecule has 0 aliphatic carbocycles. The summed E-state index contributed by atoms with van der Waals surface area (Å²) >= 11 is 9.36. The number of aromatic nitrogens is 1. The Hall–Kier alpha value is -2.42. The van der Waals surface area contributed by atoms with Gasteiger partial charge >= 0.3 is 12.1 Å². The highest BCUT2D eigenvalue weighted by Gasteiger charge is 2.55. The van der Waals surface area contributed by atoms with E-state index < -0.39 is 62.6 Å². The van der Waals surface area contributed by atoms with Crippen LogP contribution in [0.3, 0.4) is 0 Å². The predicted octanol–water partition coefficient (Wildman–Crippen LogP) is 2.81. The van der Waals surface area contributed by atoms with Gasteiger partial charge in [-0.25, -0.2) is 13.2 Å². The van der Waals surface area contributed by atoms with Gasteiger partial charge in [0, 0.05) is 36.4 Å². The number of nitrogens with zero attached hydrogens (tertiary/aromatic N) is 2. The highest BCUT2D eigenvalue weighted by Crippen LogP contribution is 2.37. The van der Waals surface area contributed by atoms with E-state index in [0.29, 0.717) is 10.2 Å². The quantitative estimate of drug-likeness (QED) is 0.481. The van der Waals surface area contributed by atoms with E-state index in [4.69, 9.17) is 11.6 Å². The van der Waals surface area contributed by atoms with Crippen molar-refractivity contribution in [1.29, 1.82) is 0 Å². The van der Waals surface area contributed by atoms with Crippen molar-refractivity contribution in [2.45, 2.75) is 34.2 Å². The fourth-order valence-corrected chi connectivity index (χ4v) is 6.85. The highest BCUT2D eigenvalue weighted by atomic mass is 79.9. The minimum Gasteiger partial charge on any atom is -0.484 e. The number of hydrogen-bond acceptors (Lipinski definition) is 7. The first-order valence-corrected chi connectivity index (χ1v) is 13.6. The number of pyridine rings is 1. The highest BCUT2D eigenvalue weighted by molar-refractivity contribution is 9.10. The molecular weight excluding hydrogens is 607 g/mol. The van der Waals surface area contributed by atoms with Crippen LogP contribution in [0.1, 0.15) is 12.1 Å². The maximum absolute atomic E-state index is 13.7. The Kier molecular flexibility index (Phi) is 7.49. The molecule has 2 aliphatic heterocycles. The smallest absolute Gasteiger partial charge is 0.422 e. The average molecular weight is 627 g/mol. The molecule has 0 radical (unpaired) electrons. The van der Waals surface area contributed by atoms with E-state index in [1.165, 1.54) is 6.20 Å². The number of carbonyl (C=O) groups excluding carboxylic acids is 1. The number of likely N-dealkylation sites (tertiary alicyclic amines) is 1. The van der Waals surface area contributed by atoms with Gasteiger partial charge in [-0.05, 0) is 46.6 Å². The first kappa shape index (κ1) is 27.6.